The molecular weight excluding hydrogens is 504 g/mol. The first kappa shape index (κ1) is 27.0. The molecule has 0 aliphatic heterocycles. The fourth-order valence-electron chi connectivity index (χ4n) is 3.71. The number of fused-ring (bicyclic) bond motifs is 1. The Kier molecular flexibility index (Phi) is 8.20. The van der Waals surface area contributed by atoms with Crippen LogP contribution in [0.25, 0.3) is 10.9 Å². The second-order valence-corrected chi connectivity index (χ2v) is 10.1. The highest BCUT2D eigenvalue weighted by Gasteiger charge is 2.22. The Labute approximate surface area is 225 Å². The fraction of sp³-hybridized carbons (Fsp3) is 0.259. The average molecular weight is 535 g/mol. The van der Waals surface area contributed by atoms with Gasteiger partial charge in [0.15, 0.2) is 0 Å². The molecule has 0 saturated heterocycles. The summed E-state index contributed by atoms with van der Waals surface area (Å²) < 4.78 is 11.4. The number of hydrogen-bond acceptors (Lipinski definition) is 10. The summed E-state index contributed by atoms with van der Waals surface area (Å²) in [6.07, 6.45) is 6.36. The number of thiazole rings is 1. The first-order chi connectivity index (χ1) is 18.1. The van der Waals surface area contributed by atoms with E-state index >= 15 is 0 Å². The summed E-state index contributed by atoms with van der Waals surface area (Å²) in [6.45, 7) is 4.05. The van der Waals surface area contributed by atoms with Crippen LogP contribution in [0.4, 0.5) is 17.2 Å². The third-order valence-electron chi connectivity index (χ3n) is 5.47. The molecule has 38 heavy (non-hydrogen) atoms. The van der Waals surface area contributed by atoms with Gasteiger partial charge in [-0.25, -0.2) is 15.0 Å². The normalized spacial score (nSPS) is 11.8. The van der Waals surface area contributed by atoms with E-state index in [1.54, 1.807) is 56.5 Å². The fourth-order valence-corrected chi connectivity index (χ4v) is 4.21. The van der Waals surface area contributed by atoms with E-state index in [0.717, 1.165) is 0 Å². The van der Waals surface area contributed by atoms with Crippen molar-refractivity contribution < 1.29 is 19.4 Å². The van der Waals surface area contributed by atoms with E-state index in [4.69, 9.17) is 9.47 Å². The van der Waals surface area contributed by atoms with E-state index in [-0.39, 0.29) is 5.91 Å². The van der Waals surface area contributed by atoms with Gasteiger partial charge in [-0.05, 0) is 40.1 Å². The van der Waals surface area contributed by atoms with Crippen molar-refractivity contribution in [1.29, 1.82) is 0 Å². The van der Waals surface area contributed by atoms with Crippen LogP contribution in [0.2, 0.25) is 0 Å². The maximum atomic E-state index is 12.5. The summed E-state index contributed by atoms with van der Waals surface area (Å²) in [6, 6.07) is 8.85. The monoisotopic (exact) mass is 534 g/mol. The van der Waals surface area contributed by atoms with Crippen molar-refractivity contribution in [1.82, 2.24) is 19.9 Å². The summed E-state index contributed by atoms with van der Waals surface area (Å²) in [5.74, 6) is 1.21. The number of benzene rings is 2. The van der Waals surface area contributed by atoms with Crippen LogP contribution in [0.15, 0.2) is 60.4 Å². The minimum Gasteiger partial charge on any atom is -0.494 e. The minimum absolute atomic E-state index is 0.285. The minimum atomic E-state index is -1.15. The Morgan fingerprint density at radius 2 is 1.97 bits per heavy atom. The number of amides is 1. The van der Waals surface area contributed by atoms with E-state index in [1.165, 1.54) is 30.8 Å². The maximum Gasteiger partial charge on any atom is 0.278 e. The van der Waals surface area contributed by atoms with Crippen molar-refractivity contribution in [2.75, 3.05) is 38.4 Å². The van der Waals surface area contributed by atoms with Gasteiger partial charge in [-0.2, -0.15) is 0 Å². The van der Waals surface area contributed by atoms with Crippen LogP contribution in [-0.2, 0) is 10.4 Å². The first-order valence-corrected chi connectivity index (χ1v) is 12.7. The Balaban J connectivity index is 1.71. The predicted octanol–water partition coefficient (Wildman–Crippen LogP) is 4.91. The van der Waals surface area contributed by atoms with E-state index in [1.807, 2.05) is 24.4 Å². The molecule has 0 bridgehead atoms. The Hall–Kier alpha value is -4.06. The lowest BCUT2D eigenvalue weighted by atomic mass is 9.96. The van der Waals surface area contributed by atoms with Crippen molar-refractivity contribution in [2.24, 2.45) is 0 Å². The van der Waals surface area contributed by atoms with Crippen LogP contribution in [0.5, 0.6) is 16.7 Å². The van der Waals surface area contributed by atoms with Crippen molar-refractivity contribution in [3.63, 3.8) is 0 Å². The van der Waals surface area contributed by atoms with Crippen LogP contribution < -0.4 is 20.1 Å². The molecule has 0 fully saturated rings. The van der Waals surface area contributed by atoms with Gasteiger partial charge in [0.05, 0.1) is 23.9 Å². The molecule has 0 saturated carbocycles. The van der Waals surface area contributed by atoms with Crippen molar-refractivity contribution in [3.8, 4) is 16.7 Å². The number of ether oxygens (including phenoxy) is 2. The Bertz CT molecular complexity index is 1450. The number of hydrogen-bond donors (Lipinski definition) is 3. The lowest BCUT2D eigenvalue weighted by Crippen LogP contribution is -2.17. The number of likely N-dealkylation sites (N-methyl/N-ethyl adjacent to an activating group) is 1. The van der Waals surface area contributed by atoms with Gasteiger partial charge in [-0.1, -0.05) is 23.5 Å². The number of aromatic nitrogens is 3. The van der Waals surface area contributed by atoms with Gasteiger partial charge in [0.2, 0.25) is 5.91 Å². The molecule has 0 spiro atoms. The van der Waals surface area contributed by atoms with Crippen LogP contribution >= 0.6 is 11.3 Å². The topological polar surface area (TPSA) is 122 Å². The highest BCUT2D eigenvalue weighted by Crippen LogP contribution is 2.37. The van der Waals surface area contributed by atoms with E-state index in [2.05, 4.69) is 25.6 Å². The highest BCUT2D eigenvalue weighted by atomic mass is 32.1. The Morgan fingerprint density at radius 3 is 2.66 bits per heavy atom. The SMILES string of the molecule is COc1cc2ncnc(Nc3cc(Oc4nccs4)ccc3C(C)(C)O)c2cc1NC(=O)C=CCN(C)C. The van der Waals surface area contributed by atoms with Gasteiger partial charge in [0.25, 0.3) is 5.19 Å². The summed E-state index contributed by atoms with van der Waals surface area (Å²) in [5, 5.41) is 20.0. The number of methoxy groups -OCH3 is 1. The van der Waals surface area contributed by atoms with Gasteiger partial charge < -0.3 is 30.1 Å². The molecule has 4 rings (SSSR count). The molecule has 0 aliphatic carbocycles. The first-order valence-electron chi connectivity index (χ1n) is 11.8. The van der Waals surface area contributed by atoms with Crippen molar-refractivity contribution in [3.05, 3.63) is 66.0 Å². The summed E-state index contributed by atoms with van der Waals surface area (Å²) in [7, 11) is 5.38. The third-order valence-corrected chi connectivity index (χ3v) is 6.12. The molecule has 3 N–H and O–H groups in total. The molecule has 2 aromatic carbocycles. The predicted molar refractivity (Wildman–Crippen MR) is 150 cm³/mol. The maximum absolute atomic E-state index is 12.5. The Morgan fingerprint density at radius 1 is 1.16 bits per heavy atom. The molecule has 2 heterocycles. The van der Waals surface area contributed by atoms with Crippen LogP contribution in [0, 0.1) is 0 Å². The lowest BCUT2D eigenvalue weighted by molar-refractivity contribution is -0.111. The smallest absolute Gasteiger partial charge is 0.278 e. The highest BCUT2D eigenvalue weighted by molar-refractivity contribution is 7.11. The van der Waals surface area contributed by atoms with Gasteiger partial charge >= 0.3 is 0 Å². The molecule has 0 aliphatic rings. The number of nitrogens with zero attached hydrogens (tertiary/aromatic N) is 4. The summed E-state index contributed by atoms with van der Waals surface area (Å²) in [5.41, 5.74) is 1.18. The second kappa shape index (κ2) is 11.5. The van der Waals surface area contributed by atoms with Gasteiger partial charge in [0, 0.05) is 53.0 Å². The zero-order valence-electron chi connectivity index (χ0n) is 21.8. The zero-order valence-corrected chi connectivity index (χ0v) is 22.7. The van der Waals surface area contributed by atoms with Crippen LogP contribution in [-0.4, -0.2) is 58.6 Å². The largest absolute Gasteiger partial charge is 0.494 e. The lowest BCUT2D eigenvalue weighted by Gasteiger charge is -2.23. The zero-order chi connectivity index (χ0) is 27.3. The second-order valence-electron chi connectivity index (χ2n) is 9.24. The van der Waals surface area contributed by atoms with Crippen LogP contribution in [0.3, 0.4) is 0 Å². The molecule has 198 valence electrons. The molecule has 0 unspecified atom stereocenters. The van der Waals surface area contributed by atoms with E-state index in [0.29, 0.717) is 56.9 Å². The molecule has 2 aromatic heterocycles. The number of carbonyl (C=O) groups excluding carboxylic acids is 1. The van der Waals surface area contributed by atoms with Gasteiger partial charge in [0.1, 0.15) is 23.6 Å². The molecular formula is C27H30N6O4S. The van der Waals surface area contributed by atoms with Gasteiger partial charge in [-0.3, -0.25) is 4.79 Å². The van der Waals surface area contributed by atoms with Gasteiger partial charge in [-0.15, -0.1) is 0 Å². The number of nitrogens with one attached hydrogen (secondary N) is 2. The number of aliphatic hydroxyl groups is 1. The number of carbonyl (C=O) groups is 1. The van der Waals surface area contributed by atoms with Crippen LogP contribution in [0.1, 0.15) is 19.4 Å². The summed E-state index contributed by atoms with van der Waals surface area (Å²) >= 11 is 1.38. The third kappa shape index (κ3) is 6.62. The van der Waals surface area contributed by atoms with Crippen molar-refractivity contribution >= 4 is 45.3 Å². The summed E-state index contributed by atoms with van der Waals surface area (Å²) in [4.78, 5) is 27.5. The number of anilines is 3. The number of rotatable bonds is 10. The van der Waals surface area contributed by atoms with E-state index in [9.17, 15) is 9.90 Å². The standard InChI is InChI=1S/C27H30N6O4S/c1-27(2,35)19-9-8-17(37-26-28-10-12-38-26)13-21(19)32-25-18-14-22(31-24(34)7-6-11-33(3)4)23(36-5)15-20(18)29-16-30-25/h6-10,12-16,35H,11H2,1-5H3,(H,31,34)(H,29,30,32). The molecule has 1 amide bonds. The van der Waals surface area contributed by atoms with Crippen molar-refractivity contribution in [2.45, 2.75) is 19.4 Å². The average Bonchev–Trinajstić information content (AvgIpc) is 3.36. The molecule has 11 heteroatoms. The van der Waals surface area contributed by atoms with E-state index < -0.39 is 5.60 Å². The molecule has 10 nitrogen and oxygen atoms in total. The molecule has 0 radical (unpaired) electrons. The molecule has 0 atom stereocenters. The quantitative estimate of drug-likeness (QED) is 0.244. The molecule has 4 aromatic rings.